The number of methoxy groups -OCH3 is 1. The van der Waals surface area contributed by atoms with Crippen LogP contribution in [-0.4, -0.2) is 19.1 Å². The van der Waals surface area contributed by atoms with Crippen molar-refractivity contribution in [2.24, 2.45) is 5.73 Å². The molecule has 0 aliphatic rings. The maximum atomic E-state index is 12.3. The smallest absolute Gasteiger partial charge is 0.251 e. The van der Waals surface area contributed by atoms with Gasteiger partial charge >= 0.3 is 0 Å². The van der Waals surface area contributed by atoms with Crippen molar-refractivity contribution in [3.05, 3.63) is 70.2 Å². The summed E-state index contributed by atoms with van der Waals surface area (Å²) in [4.78, 5) is 12.3. The van der Waals surface area contributed by atoms with Gasteiger partial charge < -0.3 is 15.8 Å². The third-order valence-corrected chi connectivity index (χ3v) is 3.97. The fraction of sp³-hybridized carbons (Fsp3) is 0.278. The third kappa shape index (κ3) is 4.55. The highest BCUT2D eigenvalue weighted by molar-refractivity contribution is 6.30. The quantitative estimate of drug-likeness (QED) is 0.853. The summed E-state index contributed by atoms with van der Waals surface area (Å²) in [6, 6.07) is 14.5. The zero-order chi connectivity index (χ0) is 16.8. The summed E-state index contributed by atoms with van der Waals surface area (Å²) in [6.45, 7) is 2.37. The maximum Gasteiger partial charge on any atom is 0.251 e. The lowest BCUT2D eigenvalue weighted by atomic mass is 10.0. The second kappa shape index (κ2) is 8.11. The molecule has 1 amide bonds. The van der Waals surface area contributed by atoms with E-state index >= 15 is 0 Å². The van der Waals surface area contributed by atoms with Gasteiger partial charge in [-0.3, -0.25) is 4.79 Å². The minimum atomic E-state index is -0.250. The van der Waals surface area contributed by atoms with Crippen molar-refractivity contribution in [1.82, 2.24) is 5.32 Å². The van der Waals surface area contributed by atoms with E-state index in [1.54, 1.807) is 19.2 Å². The van der Waals surface area contributed by atoms with Crippen molar-refractivity contribution in [1.29, 1.82) is 0 Å². The van der Waals surface area contributed by atoms with E-state index in [1.165, 1.54) is 0 Å². The van der Waals surface area contributed by atoms with Crippen LogP contribution in [0.3, 0.4) is 0 Å². The molecular weight excluding hydrogens is 312 g/mol. The molecule has 2 unspecified atom stereocenters. The van der Waals surface area contributed by atoms with Gasteiger partial charge in [-0.15, -0.1) is 0 Å². The Balaban J connectivity index is 2.07. The Kier molecular flexibility index (Phi) is 6.16. The van der Waals surface area contributed by atoms with Crippen molar-refractivity contribution in [3.8, 4) is 0 Å². The highest BCUT2D eigenvalue weighted by atomic mass is 35.5. The standard InChI is InChI=1S/C18H21ClN2O2/c1-12(17(23-2)14-7-9-16(19)10-8-14)21-18(22)15-5-3-13(11-20)4-6-15/h3-10,12,17H,11,20H2,1-2H3,(H,21,22). The monoisotopic (exact) mass is 332 g/mol. The maximum absolute atomic E-state index is 12.3. The van der Waals surface area contributed by atoms with Crippen molar-refractivity contribution in [2.75, 3.05) is 7.11 Å². The van der Waals surface area contributed by atoms with Gasteiger partial charge in [0.15, 0.2) is 0 Å². The van der Waals surface area contributed by atoms with Gasteiger partial charge in [0.2, 0.25) is 0 Å². The van der Waals surface area contributed by atoms with Crippen LogP contribution in [0.2, 0.25) is 5.02 Å². The lowest BCUT2D eigenvalue weighted by Gasteiger charge is -2.24. The molecule has 0 aliphatic carbocycles. The van der Waals surface area contributed by atoms with Crippen LogP contribution in [0.15, 0.2) is 48.5 Å². The van der Waals surface area contributed by atoms with E-state index in [2.05, 4.69) is 5.32 Å². The number of hydrogen-bond donors (Lipinski definition) is 2. The zero-order valence-corrected chi connectivity index (χ0v) is 14.0. The van der Waals surface area contributed by atoms with E-state index in [9.17, 15) is 4.79 Å². The molecule has 3 N–H and O–H groups in total. The molecule has 0 spiro atoms. The summed E-state index contributed by atoms with van der Waals surface area (Å²) in [7, 11) is 1.62. The van der Waals surface area contributed by atoms with Gasteiger partial charge in [-0.2, -0.15) is 0 Å². The number of benzene rings is 2. The first-order valence-corrected chi connectivity index (χ1v) is 7.81. The molecule has 2 atom stereocenters. The van der Waals surface area contributed by atoms with E-state index in [1.807, 2.05) is 43.3 Å². The van der Waals surface area contributed by atoms with E-state index in [0.29, 0.717) is 17.1 Å². The van der Waals surface area contributed by atoms with Crippen LogP contribution in [-0.2, 0) is 11.3 Å². The SMILES string of the molecule is COC(c1ccc(Cl)cc1)C(C)NC(=O)c1ccc(CN)cc1. The molecule has 0 radical (unpaired) electrons. The third-order valence-electron chi connectivity index (χ3n) is 3.72. The fourth-order valence-corrected chi connectivity index (χ4v) is 2.57. The van der Waals surface area contributed by atoms with E-state index in [0.717, 1.165) is 11.1 Å². The summed E-state index contributed by atoms with van der Waals surface area (Å²) in [6.07, 6.45) is -0.250. The van der Waals surface area contributed by atoms with Crippen LogP contribution in [0, 0.1) is 0 Å². The van der Waals surface area contributed by atoms with Crippen LogP contribution in [0.5, 0.6) is 0 Å². The first-order chi connectivity index (χ1) is 11.0. The molecule has 0 aliphatic heterocycles. The minimum absolute atomic E-state index is 0.142. The Bertz CT molecular complexity index is 641. The highest BCUT2D eigenvalue weighted by Crippen LogP contribution is 2.22. The average Bonchev–Trinajstić information content (AvgIpc) is 2.57. The zero-order valence-electron chi connectivity index (χ0n) is 13.3. The molecular formula is C18H21ClN2O2. The van der Waals surface area contributed by atoms with Crippen LogP contribution >= 0.6 is 11.6 Å². The van der Waals surface area contributed by atoms with Gasteiger partial charge in [-0.25, -0.2) is 0 Å². The number of nitrogens with one attached hydrogen (secondary N) is 1. The number of carbonyl (C=O) groups is 1. The molecule has 0 saturated carbocycles. The van der Waals surface area contributed by atoms with Crippen LogP contribution in [0.4, 0.5) is 0 Å². The number of nitrogens with two attached hydrogens (primary N) is 1. The van der Waals surface area contributed by atoms with Crippen molar-refractivity contribution in [3.63, 3.8) is 0 Å². The molecule has 2 rings (SSSR count). The van der Waals surface area contributed by atoms with Crippen molar-refractivity contribution < 1.29 is 9.53 Å². The average molecular weight is 333 g/mol. The highest BCUT2D eigenvalue weighted by Gasteiger charge is 2.21. The molecule has 2 aromatic rings. The summed E-state index contributed by atoms with van der Waals surface area (Å²) < 4.78 is 5.54. The number of hydrogen-bond acceptors (Lipinski definition) is 3. The lowest BCUT2D eigenvalue weighted by Crippen LogP contribution is -2.37. The topological polar surface area (TPSA) is 64.3 Å². The van der Waals surface area contributed by atoms with Gasteiger partial charge in [-0.05, 0) is 42.3 Å². The van der Waals surface area contributed by atoms with Crippen LogP contribution in [0.1, 0.15) is 34.5 Å². The van der Waals surface area contributed by atoms with Crippen LogP contribution in [0.25, 0.3) is 0 Å². The number of ether oxygens (including phenoxy) is 1. The molecule has 0 aromatic heterocycles. The molecule has 0 bridgehead atoms. The summed E-state index contributed by atoms with van der Waals surface area (Å²) in [5.74, 6) is -0.142. The van der Waals surface area contributed by atoms with E-state index in [4.69, 9.17) is 22.1 Å². The van der Waals surface area contributed by atoms with E-state index in [-0.39, 0.29) is 18.1 Å². The Hall–Kier alpha value is -1.88. The predicted molar refractivity (Wildman–Crippen MR) is 92.5 cm³/mol. The lowest BCUT2D eigenvalue weighted by molar-refractivity contribution is 0.0645. The van der Waals surface area contributed by atoms with Gasteiger partial charge in [0.25, 0.3) is 5.91 Å². The van der Waals surface area contributed by atoms with Gasteiger partial charge in [0.05, 0.1) is 6.04 Å². The number of amides is 1. The number of halogens is 1. The Morgan fingerprint density at radius 2 is 1.78 bits per heavy atom. The van der Waals surface area contributed by atoms with Crippen molar-refractivity contribution >= 4 is 17.5 Å². The van der Waals surface area contributed by atoms with E-state index < -0.39 is 0 Å². The number of carbonyl (C=O) groups excluding carboxylic acids is 1. The Labute approximate surface area is 141 Å². The molecule has 0 heterocycles. The summed E-state index contributed by atoms with van der Waals surface area (Å²) in [5.41, 5.74) is 8.11. The first-order valence-electron chi connectivity index (χ1n) is 7.43. The van der Waals surface area contributed by atoms with Gasteiger partial charge in [0, 0.05) is 24.2 Å². The normalized spacial score (nSPS) is 13.4. The predicted octanol–water partition coefficient (Wildman–Crippen LogP) is 3.30. The van der Waals surface area contributed by atoms with Gasteiger partial charge in [0.1, 0.15) is 6.10 Å². The molecule has 5 heteroatoms. The Morgan fingerprint density at radius 3 is 2.30 bits per heavy atom. The van der Waals surface area contributed by atoms with Crippen molar-refractivity contribution in [2.45, 2.75) is 25.6 Å². The second-order valence-corrected chi connectivity index (χ2v) is 5.81. The molecule has 4 nitrogen and oxygen atoms in total. The first kappa shape index (κ1) is 17.5. The molecule has 122 valence electrons. The number of rotatable bonds is 6. The fourth-order valence-electron chi connectivity index (χ4n) is 2.44. The summed E-state index contributed by atoms with van der Waals surface area (Å²) >= 11 is 5.91. The minimum Gasteiger partial charge on any atom is -0.375 e. The largest absolute Gasteiger partial charge is 0.375 e. The summed E-state index contributed by atoms with van der Waals surface area (Å²) in [5, 5.41) is 3.64. The second-order valence-electron chi connectivity index (χ2n) is 5.37. The molecule has 2 aromatic carbocycles. The molecule has 0 saturated heterocycles. The molecule has 0 fully saturated rings. The molecule has 23 heavy (non-hydrogen) atoms. The van der Waals surface area contributed by atoms with Gasteiger partial charge in [-0.1, -0.05) is 35.9 Å². The Morgan fingerprint density at radius 1 is 1.17 bits per heavy atom. The van der Waals surface area contributed by atoms with Crippen LogP contribution < -0.4 is 11.1 Å².